The molecule has 0 atom stereocenters. The standard InChI is InChI=1S/C21H21NO2/c1-14-5-4-6-15(11-14)13-22-19-8-3-2-7-17(19)18-12-16(21(23)24)9-10-20(18)22/h4-6,9-12H,2-3,7-8,13H2,1H3,(H,23,24). The van der Waals surface area contributed by atoms with E-state index in [0.29, 0.717) is 5.56 Å². The lowest BCUT2D eigenvalue weighted by Gasteiger charge is -2.16. The molecule has 3 nitrogen and oxygen atoms in total. The van der Waals surface area contributed by atoms with E-state index in [0.717, 1.165) is 30.3 Å². The van der Waals surface area contributed by atoms with Crippen LogP contribution < -0.4 is 0 Å². The molecule has 4 rings (SSSR count). The third-order valence-electron chi connectivity index (χ3n) is 5.05. The number of aromatic carboxylic acids is 1. The fourth-order valence-electron chi connectivity index (χ4n) is 3.94. The number of carboxylic acid groups (broad SMARTS) is 1. The molecule has 0 bridgehead atoms. The van der Waals surface area contributed by atoms with Crippen LogP contribution in [0.4, 0.5) is 0 Å². The average molecular weight is 319 g/mol. The molecule has 1 heterocycles. The number of hydrogen-bond donors (Lipinski definition) is 1. The second kappa shape index (κ2) is 5.82. The number of rotatable bonds is 3. The van der Waals surface area contributed by atoms with Gasteiger partial charge in [0, 0.05) is 23.1 Å². The van der Waals surface area contributed by atoms with E-state index in [9.17, 15) is 9.90 Å². The van der Waals surface area contributed by atoms with Gasteiger partial charge in [-0.2, -0.15) is 0 Å². The molecule has 0 radical (unpaired) electrons. The largest absolute Gasteiger partial charge is 0.478 e. The maximum Gasteiger partial charge on any atom is 0.335 e. The predicted octanol–water partition coefficient (Wildman–Crippen LogP) is 4.58. The van der Waals surface area contributed by atoms with Gasteiger partial charge in [-0.05, 0) is 61.9 Å². The molecule has 0 saturated heterocycles. The van der Waals surface area contributed by atoms with Crippen molar-refractivity contribution in [3.8, 4) is 0 Å². The van der Waals surface area contributed by atoms with Gasteiger partial charge in [-0.1, -0.05) is 29.8 Å². The molecule has 0 amide bonds. The molecule has 0 saturated carbocycles. The summed E-state index contributed by atoms with van der Waals surface area (Å²) in [6, 6.07) is 14.2. The molecule has 0 spiro atoms. The average Bonchev–Trinajstić information content (AvgIpc) is 2.89. The Hall–Kier alpha value is -2.55. The van der Waals surface area contributed by atoms with E-state index in [2.05, 4.69) is 35.8 Å². The van der Waals surface area contributed by atoms with Crippen LogP contribution in [-0.4, -0.2) is 15.6 Å². The number of carboxylic acids is 1. The van der Waals surface area contributed by atoms with Crippen LogP contribution in [0, 0.1) is 6.92 Å². The Bertz CT molecular complexity index is 936. The van der Waals surface area contributed by atoms with Crippen LogP contribution >= 0.6 is 0 Å². The van der Waals surface area contributed by atoms with Crippen molar-refractivity contribution >= 4 is 16.9 Å². The van der Waals surface area contributed by atoms with Gasteiger partial charge in [-0.15, -0.1) is 0 Å². The van der Waals surface area contributed by atoms with Gasteiger partial charge in [0.2, 0.25) is 0 Å². The normalized spacial score (nSPS) is 13.9. The molecule has 122 valence electrons. The monoisotopic (exact) mass is 319 g/mol. The molecule has 1 aliphatic rings. The summed E-state index contributed by atoms with van der Waals surface area (Å²) in [5, 5.41) is 10.4. The van der Waals surface area contributed by atoms with E-state index < -0.39 is 5.97 Å². The van der Waals surface area contributed by atoms with Crippen LogP contribution in [0.3, 0.4) is 0 Å². The van der Waals surface area contributed by atoms with E-state index in [-0.39, 0.29) is 0 Å². The van der Waals surface area contributed by atoms with Crippen LogP contribution in [-0.2, 0) is 19.4 Å². The van der Waals surface area contributed by atoms with Crippen LogP contribution in [0.5, 0.6) is 0 Å². The molecule has 24 heavy (non-hydrogen) atoms. The molecule has 1 N–H and O–H groups in total. The second-order valence-corrected chi connectivity index (χ2v) is 6.74. The summed E-state index contributed by atoms with van der Waals surface area (Å²) in [5.41, 5.74) is 6.85. The lowest BCUT2D eigenvalue weighted by Crippen LogP contribution is -2.09. The van der Waals surface area contributed by atoms with E-state index in [4.69, 9.17) is 0 Å². The van der Waals surface area contributed by atoms with E-state index in [1.54, 1.807) is 6.07 Å². The first-order valence-electron chi connectivity index (χ1n) is 8.56. The highest BCUT2D eigenvalue weighted by Gasteiger charge is 2.21. The third kappa shape index (κ3) is 2.50. The molecule has 3 aromatic rings. The summed E-state index contributed by atoms with van der Waals surface area (Å²) >= 11 is 0. The van der Waals surface area contributed by atoms with Gasteiger partial charge in [0.05, 0.1) is 5.56 Å². The zero-order chi connectivity index (χ0) is 16.7. The molecule has 0 fully saturated rings. The van der Waals surface area contributed by atoms with Gasteiger partial charge in [-0.3, -0.25) is 0 Å². The predicted molar refractivity (Wildman–Crippen MR) is 95.8 cm³/mol. The van der Waals surface area contributed by atoms with Crippen molar-refractivity contribution in [1.29, 1.82) is 0 Å². The summed E-state index contributed by atoms with van der Waals surface area (Å²) < 4.78 is 2.39. The molecule has 1 aliphatic carbocycles. The highest BCUT2D eigenvalue weighted by atomic mass is 16.4. The minimum absolute atomic E-state index is 0.378. The van der Waals surface area contributed by atoms with Crippen molar-refractivity contribution in [3.05, 3.63) is 70.4 Å². The first-order valence-corrected chi connectivity index (χ1v) is 8.56. The molecule has 3 heteroatoms. The lowest BCUT2D eigenvalue weighted by atomic mass is 9.95. The first kappa shape index (κ1) is 15.0. The highest BCUT2D eigenvalue weighted by Crippen LogP contribution is 2.33. The maximum atomic E-state index is 11.3. The van der Waals surface area contributed by atoms with Crippen molar-refractivity contribution in [2.24, 2.45) is 0 Å². The van der Waals surface area contributed by atoms with Gasteiger partial charge in [0.25, 0.3) is 0 Å². The number of aryl methyl sites for hydroxylation is 2. The smallest absolute Gasteiger partial charge is 0.335 e. The van der Waals surface area contributed by atoms with Crippen LogP contribution in [0.1, 0.15) is 45.6 Å². The van der Waals surface area contributed by atoms with E-state index >= 15 is 0 Å². The Morgan fingerprint density at radius 1 is 1.12 bits per heavy atom. The Labute approximate surface area is 141 Å². The molecular weight excluding hydrogens is 298 g/mol. The quantitative estimate of drug-likeness (QED) is 0.768. The first-order chi connectivity index (χ1) is 11.6. The lowest BCUT2D eigenvalue weighted by molar-refractivity contribution is 0.0697. The Morgan fingerprint density at radius 2 is 1.96 bits per heavy atom. The third-order valence-corrected chi connectivity index (χ3v) is 5.05. The zero-order valence-corrected chi connectivity index (χ0v) is 13.9. The number of carbonyl (C=O) groups is 1. The minimum Gasteiger partial charge on any atom is -0.478 e. The highest BCUT2D eigenvalue weighted by molar-refractivity contribution is 5.95. The number of aromatic nitrogens is 1. The van der Waals surface area contributed by atoms with Gasteiger partial charge in [-0.25, -0.2) is 4.79 Å². The number of fused-ring (bicyclic) bond motifs is 3. The van der Waals surface area contributed by atoms with Gasteiger partial charge >= 0.3 is 5.97 Å². The fourth-order valence-corrected chi connectivity index (χ4v) is 3.94. The van der Waals surface area contributed by atoms with Crippen LogP contribution in [0.2, 0.25) is 0 Å². The fraction of sp³-hybridized carbons (Fsp3) is 0.286. The number of nitrogens with zero attached hydrogens (tertiary/aromatic N) is 1. The SMILES string of the molecule is Cc1cccc(Cn2c3c(c4cc(C(=O)O)ccc42)CCCC3)c1. The second-order valence-electron chi connectivity index (χ2n) is 6.74. The van der Waals surface area contributed by atoms with Crippen molar-refractivity contribution in [2.75, 3.05) is 0 Å². The van der Waals surface area contributed by atoms with Crippen molar-refractivity contribution in [2.45, 2.75) is 39.2 Å². The molecule has 0 unspecified atom stereocenters. The topological polar surface area (TPSA) is 42.2 Å². The maximum absolute atomic E-state index is 11.3. The van der Waals surface area contributed by atoms with Gasteiger partial charge in [0.1, 0.15) is 0 Å². The Kier molecular flexibility index (Phi) is 3.64. The van der Waals surface area contributed by atoms with Crippen molar-refractivity contribution < 1.29 is 9.90 Å². The number of hydrogen-bond acceptors (Lipinski definition) is 1. The van der Waals surface area contributed by atoms with E-state index in [1.807, 2.05) is 12.1 Å². The van der Waals surface area contributed by atoms with E-state index in [1.165, 1.54) is 35.2 Å². The van der Waals surface area contributed by atoms with Crippen LogP contribution in [0.25, 0.3) is 10.9 Å². The summed E-state index contributed by atoms with van der Waals surface area (Å²) in [7, 11) is 0. The molecule has 1 aromatic heterocycles. The van der Waals surface area contributed by atoms with Crippen molar-refractivity contribution in [3.63, 3.8) is 0 Å². The summed E-state index contributed by atoms with van der Waals surface area (Å²) in [6.07, 6.45) is 4.53. The van der Waals surface area contributed by atoms with Crippen molar-refractivity contribution in [1.82, 2.24) is 4.57 Å². The summed E-state index contributed by atoms with van der Waals surface area (Å²) in [4.78, 5) is 11.3. The minimum atomic E-state index is -0.854. The summed E-state index contributed by atoms with van der Waals surface area (Å²) in [5.74, 6) is -0.854. The molecular formula is C21H21NO2. The zero-order valence-electron chi connectivity index (χ0n) is 13.9. The molecule has 2 aromatic carbocycles. The van der Waals surface area contributed by atoms with Gasteiger partial charge < -0.3 is 9.67 Å². The summed E-state index contributed by atoms with van der Waals surface area (Å²) in [6.45, 7) is 2.96. The Balaban J connectivity index is 1.89. The number of benzene rings is 2. The van der Waals surface area contributed by atoms with Gasteiger partial charge in [0.15, 0.2) is 0 Å². The Morgan fingerprint density at radius 3 is 2.75 bits per heavy atom. The van der Waals surface area contributed by atoms with Crippen LogP contribution in [0.15, 0.2) is 42.5 Å². The molecule has 0 aliphatic heterocycles.